The molecule has 0 amide bonds. The Bertz CT molecular complexity index is 294. The quantitative estimate of drug-likeness (QED) is 0.584. The first-order valence-electron chi connectivity index (χ1n) is 5.49. The molecule has 0 aromatic rings. The van der Waals surface area contributed by atoms with E-state index in [4.69, 9.17) is 0 Å². The summed E-state index contributed by atoms with van der Waals surface area (Å²) in [5, 5.41) is 15.8. The number of aliphatic imine (C=N–C) groups is 1. The highest BCUT2D eigenvalue weighted by Gasteiger charge is 2.47. The molecule has 0 bridgehead atoms. The zero-order chi connectivity index (χ0) is 10.9. The lowest BCUT2D eigenvalue weighted by molar-refractivity contribution is 0.185. The van der Waals surface area contributed by atoms with Gasteiger partial charge in [-0.15, -0.1) is 0 Å². The minimum absolute atomic E-state index is 0.0959. The fraction of sp³-hybridized carbons (Fsp3) is 0.727. The number of nitrogens with zero attached hydrogens (tertiary/aromatic N) is 1. The Kier molecular flexibility index (Phi) is 2.69. The van der Waals surface area contributed by atoms with Gasteiger partial charge in [0.1, 0.15) is 0 Å². The minimum Gasteiger partial charge on any atom is -0.396 e. The van der Waals surface area contributed by atoms with E-state index < -0.39 is 0 Å². The van der Waals surface area contributed by atoms with Gasteiger partial charge in [0.05, 0.1) is 13.2 Å². The van der Waals surface area contributed by atoms with Gasteiger partial charge < -0.3 is 15.7 Å². The van der Waals surface area contributed by atoms with E-state index in [0.29, 0.717) is 6.54 Å². The maximum atomic E-state index is 9.28. The van der Waals surface area contributed by atoms with Gasteiger partial charge in [0.25, 0.3) is 0 Å². The molecule has 1 aliphatic carbocycles. The van der Waals surface area contributed by atoms with E-state index in [0.717, 1.165) is 30.9 Å². The van der Waals surface area contributed by atoms with Crippen LogP contribution in [0.1, 0.15) is 19.8 Å². The summed E-state index contributed by atoms with van der Waals surface area (Å²) in [6.07, 6.45) is 2.22. The van der Waals surface area contributed by atoms with Gasteiger partial charge in [-0.3, -0.25) is 0 Å². The summed E-state index contributed by atoms with van der Waals surface area (Å²) in [7, 11) is 0. The predicted octanol–water partition coefficient (Wildman–Crippen LogP) is 0.252. The maximum absolute atomic E-state index is 9.28. The lowest BCUT2D eigenvalue weighted by atomic mass is 9.99. The van der Waals surface area contributed by atoms with Crippen LogP contribution in [0.5, 0.6) is 0 Å². The van der Waals surface area contributed by atoms with E-state index in [1.807, 2.05) is 0 Å². The van der Waals surface area contributed by atoms with Gasteiger partial charge in [-0.1, -0.05) is 6.58 Å². The SMILES string of the molecule is C=C1CN=C(NC(C)C2(CO)CC2)NC1. The minimum atomic E-state index is 0.0959. The lowest BCUT2D eigenvalue weighted by Gasteiger charge is -2.26. The molecule has 1 heterocycles. The number of aliphatic hydroxyl groups is 1. The van der Waals surface area contributed by atoms with Gasteiger partial charge in [-0.2, -0.15) is 0 Å². The summed E-state index contributed by atoms with van der Waals surface area (Å²) in [6.45, 7) is 7.74. The first kappa shape index (κ1) is 10.5. The van der Waals surface area contributed by atoms with Crippen LogP contribution in [0.4, 0.5) is 0 Å². The molecule has 4 nitrogen and oxygen atoms in total. The molecule has 1 atom stereocenters. The van der Waals surface area contributed by atoms with Crippen LogP contribution in [0.3, 0.4) is 0 Å². The lowest BCUT2D eigenvalue weighted by Crippen LogP contribution is -2.49. The summed E-state index contributed by atoms with van der Waals surface area (Å²) in [5.74, 6) is 0.842. The Balaban J connectivity index is 1.89. The fourth-order valence-electron chi connectivity index (χ4n) is 1.85. The second-order valence-corrected chi connectivity index (χ2v) is 4.65. The number of guanidine groups is 1. The molecule has 4 heteroatoms. The van der Waals surface area contributed by atoms with Crippen molar-refractivity contribution in [2.24, 2.45) is 10.4 Å². The van der Waals surface area contributed by atoms with Crippen LogP contribution in [0, 0.1) is 5.41 Å². The van der Waals surface area contributed by atoms with Gasteiger partial charge in [-0.25, -0.2) is 4.99 Å². The second kappa shape index (κ2) is 3.85. The largest absolute Gasteiger partial charge is 0.396 e. The third-order valence-electron chi connectivity index (χ3n) is 3.45. The van der Waals surface area contributed by atoms with Crippen molar-refractivity contribution in [2.75, 3.05) is 19.7 Å². The number of hydrogen-bond acceptors (Lipinski definition) is 4. The summed E-state index contributed by atoms with van der Waals surface area (Å²) >= 11 is 0. The van der Waals surface area contributed by atoms with Crippen LogP contribution >= 0.6 is 0 Å². The molecule has 3 N–H and O–H groups in total. The summed E-state index contributed by atoms with van der Waals surface area (Å²) < 4.78 is 0. The molecule has 15 heavy (non-hydrogen) atoms. The van der Waals surface area contributed by atoms with Crippen molar-refractivity contribution >= 4 is 5.96 Å². The Morgan fingerprint density at radius 2 is 2.40 bits per heavy atom. The van der Waals surface area contributed by atoms with Gasteiger partial charge >= 0.3 is 0 Å². The van der Waals surface area contributed by atoms with Crippen molar-refractivity contribution in [1.29, 1.82) is 0 Å². The summed E-state index contributed by atoms with van der Waals surface area (Å²) in [5.41, 5.74) is 1.20. The third kappa shape index (κ3) is 2.15. The Labute approximate surface area is 90.5 Å². The topological polar surface area (TPSA) is 56.7 Å². The van der Waals surface area contributed by atoms with Gasteiger partial charge in [0.2, 0.25) is 0 Å². The zero-order valence-electron chi connectivity index (χ0n) is 9.21. The number of nitrogens with one attached hydrogen (secondary N) is 2. The van der Waals surface area contributed by atoms with Crippen molar-refractivity contribution in [3.8, 4) is 0 Å². The van der Waals surface area contributed by atoms with E-state index in [2.05, 4.69) is 29.1 Å². The van der Waals surface area contributed by atoms with Crippen molar-refractivity contribution in [1.82, 2.24) is 10.6 Å². The van der Waals surface area contributed by atoms with E-state index >= 15 is 0 Å². The van der Waals surface area contributed by atoms with Gasteiger partial charge in [-0.05, 0) is 25.3 Å². The Hall–Kier alpha value is -1.03. The average Bonchev–Trinajstić information content (AvgIpc) is 3.02. The van der Waals surface area contributed by atoms with Crippen LogP contribution in [0.25, 0.3) is 0 Å². The first-order chi connectivity index (χ1) is 7.16. The monoisotopic (exact) mass is 209 g/mol. The molecule has 0 radical (unpaired) electrons. The molecule has 1 fully saturated rings. The number of aliphatic hydroxyl groups excluding tert-OH is 1. The van der Waals surface area contributed by atoms with E-state index in [1.54, 1.807) is 0 Å². The molecule has 0 saturated heterocycles. The summed E-state index contributed by atoms with van der Waals surface area (Å²) in [4.78, 5) is 4.34. The van der Waals surface area contributed by atoms with Crippen molar-refractivity contribution in [2.45, 2.75) is 25.8 Å². The normalized spacial score (nSPS) is 25.2. The molecule has 1 unspecified atom stereocenters. The van der Waals surface area contributed by atoms with Crippen molar-refractivity contribution in [3.05, 3.63) is 12.2 Å². The zero-order valence-corrected chi connectivity index (χ0v) is 9.21. The molecular weight excluding hydrogens is 190 g/mol. The molecule has 1 aliphatic heterocycles. The smallest absolute Gasteiger partial charge is 0.192 e. The van der Waals surface area contributed by atoms with Crippen molar-refractivity contribution < 1.29 is 5.11 Å². The average molecular weight is 209 g/mol. The highest BCUT2D eigenvalue weighted by Crippen LogP contribution is 2.48. The highest BCUT2D eigenvalue weighted by atomic mass is 16.3. The van der Waals surface area contributed by atoms with Gasteiger partial charge in [0.15, 0.2) is 5.96 Å². The molecule has 0 aromatic heterocycles. The van der Waals surface area contributed by atoms with E-state index in [9.17, 15) is 5.11 Å². The molecule has 1 saturated carbocycles. The van der Waals surface area contributed by atoms with Gasteiger partial charge in [0, 0.05) is 18.0 Å². The van der Waals surface area contributed by atoms with Crippen molar-refractivity contribution in [3.63, 3.8) is 0 Å². The molecule has 0 spiro atoms. The highest BCUT2D eigenvalue weighted by molar-refractivity contribution is 5.81. The van der Waals surface area contributed by atoms with E-state index in [-0.39, 0.29) is 18.1 Å². The Morgan fingerprint density at radius 3 is 2.87 bits per heavy atom. The Morgan fingerprint density at radius 1 is 1.67 bits per heavy atom. The molecular formula is C11H19N3O. The number of hydrogen-bond donors (Lipinski definition) is 3. The summed E-state index contributed by atoms with van der Waals surface area (Å²) in [6, 6.07) is 0.278. The van der Waals surface area contributed by atoms with E-state index in [1.165, 1.54) is 0 Å². The molecule has 2 rings (SSSR count). The van der Waals surface area contributed by atoms with Crippen LogP contribution < -0.4 is 10.6 Å². The molecule has 84 valence electrons. The standard InChI is InChI=1S/C11H19N3O/c1-8-5-12-10(13-6-8)14-9(2)11(7-15)3-4-11/h9,15H,1,3-7H2,2H3,(H2,12,13,14). The molecule has 2 aliphatic rings. The maximum Gasteiger partial charge on any atom is 0.192 e. The second-order valence-electron chi connectivity index (χ2n) is 4.65. The van der Waals surface area contributed by atoms with Crippen LogP contribution in [-0.2, 0) is 0 Å². The van der Waals surface area contributed by atoms with Crippen LogP contribution in [0.15, 0.2) is 17.1 Å². The molecule has 0 aromatic carbocycles. The van der Waals surface area contributed by atoms with Crippen LogP contribution in [-0.4, -0.2) is 36.8 Å². The first-order valence-corrected chi connectivity index (χ1v) is 5.49. The fourth-order valence-corrected chi connectivity index (χ4v) is 1.85. The predicted molar refractivity (Wildman–Crippen MR) is 60.8 cm³/mol. The van der Waals surface area contributed by atoms with Crippen LogP contribution in [0.2, 0.25) is 0 Å². The number of rotatable bonds is 3. The third-order valence-corrected chi connectivity index (χ3v) is 3.45.